The van der Waals surface area contributed by atoms with Gasteiger partial charge >= 0.3 is 5.97 Å². The Morgan fingerprint density at radius 2 is 2.23 bits per heavy atom. The van der Waals surface area contributed by atoms with Gasteiger partial charge in [-0.2, -0.15) is 5.10 Å². The van der Waals surface area contributed by atoms with Gasteiger partial charge in [0.15, 0.2) is 5.17 Å². The van der Waals surface area contributed by atoms with Crippen LogP contribution in [0.15, 0.2) is 39.4 Å². The van der Waals surface area contributed by atoms with Crippen LogP contribution in [0.2, 0.25) is 0 Å². The molecule has 0 spiro atoms. The van der Waals surface area contributed by atoms with E-state index in [1.54, 1.807) is 19.1 Å². The number of amidine groups is 1. The van der Waals surface area contributed by atoms with Crippen LogP contribution in [0.4, 0.5) is 4.39 Å². The fraction of sp³-hybridized carbons (Fsp3) is 0.143. The van der Waals surface area contributed by atoms with E-state index in [-0.39, 0.29) is 15.9 Å². The highest BCUT2D eigenvalue weighted by Crippen LogP contribution is 2.23. The molecule has 1 aromatic carbocycles. The highest BCUT2D eigenvalue weighted by molar-refractivity contribution is 8.18. The molecule has 1 aliphatic heterocycles. The molecular weight excluding hydrogens is 309 g/mol. The van der Waals surface area contributed by atoms with Crippen molar-refractivity contribution in [2.75, 3.05) is 7.11 Å². The fourth-order valence-electron chi connectivity index (χ4n) is 1.54. The minimum Gasteiger partial charge on any atom is -0.466 e. The predicted octanol–water partition coefficient (Wildman–Crippen LogP) is 1.74. The lowest BCUT2D eigenvalue weighted by molar-refractivity contribution is -0.135. The number of rotatable bonds is 3. The standard InChI is InChI=1S/C14H12FN3O3S/c1-8-5-9(3-4-10(8)15)7-16-18-14-17-13(20)11(22-14)6-12(19)21-2/h3-7H,1-2H3,(H,17,18,20)/b11-6+,16-7?. The van der Waals surface area contributed by atoms with E-state index in [1.165, 1.54) is 19.4 Å². The highest BCUT2D eigenvalue weighted by Gasteiger charge is 2.24. The number of nitrogens with zero attached hydrogens (tertiary/aromatic N) is 2. The predicted molar refractivity (Wildman–Crippen MR) is 82.0 cm³/mol. The van der Waals surface area contributed by atoms with Crippen molar-refractivity contribution in [1.29, 1.82) is 0 Å². The number of benzene rings is 1. The number of aryl methyl sites for hydroxylation is 1. The van der Waals surface area contributed by atoms with Crippen LogP contribution in [0.5, 0.6) is 0 Å². The maximum Gasteiger partial charge on any atom is 0.331 e. The van der Waals surface area contributed by atoms with Gasteiger partial charge in [-0.1, -0.05) is 6.07 Å². The third kappa shape index (κ3) is 4.01. The molecule has 1 amide bonds. The Morgan fingerprint density at radius 1 is 1.45 bits per heavy atom. The van der Waals surface area contributed by atoms with E-state index < -0.39 is 11.9 Å². The number of esters is 1. The first-order chi connectivity index (χ1) is 10.5. The molecule has 0 aromatic heterocycles. The molecule has 1 aromatic rings. The van der Waals surface area contributed by atoms with E-state index in [0.717, 1.165) is 17.8 Å². The maximum atomic E-state index is 13.1. The number of amides is 1. The first-order valence-electron chi connectivity index (χ1n) is 6.15. The Bertz CT molecular complexity index is 713. The molecule has 0 saturated carbocycles. The normalized spacial score (nSPS) is 18.2. The van der Waals surface area contributed by atoms with Gasteiger partial charge in [0.2, 0.25) is 0 Å². The summed E-state index contributed by atoms with van der Waals surface area (Å²) in [6, 6.07) is 4.53. The molecule has 0 atom stereocenters. The van der Waals surface area contributed by atoms with Gasteiger partial charge in [0.05, 0.1) is 18.2 Å². The van der Waals surface area contributed by atoms with Crippen LogP contribution < -0.4 is 5.32 Å². The fourth-order valence-corrected chi connectivity index (χ4v) is 2.28. The van der Waals surface area contributed by atoms with Crippen molar-refractivity contribution in [2.24, 2.45) is 10.2 Å². The Morgan fingerprint density at radius 3 is 2.91 bits per heavy atom. The first kappa shape index (κ1) is 15.9. The van der Waals surface area contributed by atoms with Gasteiger partial charge in [-0.05, 0) is 41.9 Å². The Balaban J connectivity index is 2.06. The molecule has 1 aliphatic rings. The number of nitrogens with one attached hydrogen (secondary N) is 1. The monoisotopic (exact) mass is 321 g/mol. The molecule has 2 rings (SSSR count). The van der Waals surface area contributed by atoms with Gasteiger partial charge in [-0.3, -0.25) is 10.1 Å². The molecule has 1 saturated heterocycles. The van der Waals surface area contributed by atoms with E-state index in [0.29, 0.717) is 11.1 Å². The van der Waals surface area contributed by atoms with E-state index in [1.807, 2.05) is 0 Å². The third-order valence-corrected chi connectivity index (χ3v) is 3.54. The molecule has 8 heteroatoms. The maximum absolute atomic E-state index is 13.1. The number of carbonyl (C=O) groups excluding carboxylic acids is 2. The molecule has 1 heterocycles. The zero-order valence-electron chi connectivity index (χ0n) is 11.8. The summed E-state index contributed by atoms with van der Waals surface area (Å²) in [7, 11) is 1.22. The molecule has 0 radical (unpaired) electrons. The van der Waals surface area contributed by atoms with Crippen LogP contribution in [-0.4, -0.2) is 30.4 Å². The van der Waals surface area contributed by atoms with Gasteiger partial charge in [-0.15, -0.1) is 5.10 Å². The van der Waals surface area contributed by atoms with Gasteiger partial charge in [-0.25, -0.2) is 9.18 Å². The second kappa shape index (κ2) is 6.99. The molecule has 0 bridgehead atoms. The average Bonchev–Trinajstić information content (AvgIpc) is 2.83. The summed E-state index contributed by atoms with van der Waals surface area (Å²) in [5.74, 6) is -1.36. The van der Waals surface area contributed by atoms with Gasteiger partial charge in [0.25, 0.3) is 5.91 Å². The lowest BCUT2D eigenvalue weighted by Gasteiger charge is -1.96. The van der Waals surface area contributed by atoms with E-state index >= 15 is 0 Å². The van der Waals surface area contributed by atoms with Gasteiger partial charge in [0.1, 0.15) is 5.82 Å². The van der Waals surface area contributed by atoms with E-state index in [2.05, 4.69) is 20.3 Å². The summed E-state index contributed by atoms with van der Waals surface area (Å²) in [4.78, 5) is 22.8. The molecule has 0 unspecified atom stereocenters. The van der Waals surface area contributed by atoms with Crippen molar-refractivity contribution in [3.63, 3.8) is 0 Å². The minimum absolute atomic E-state index is 0.179. The van der Waals surface area contributed by atoms with Crippen molar-refractivity contribution in [2.45, 2.75) is 6.92 Å². The Kier molecular flexibility index (Phi) is 5.05. The molecule has 1 fully saturated rings. The number of carbonyl (C=O) groups is 2. The lowest BCUT2D eigenvalue weighted by Crippen LogP contribution is -2.19. The summed E-state index contributed by atoms with van der Waals surface area (Å²) in [6.45, 7) is 1.65. The zero-order valence-corrected chi connectivity index (χ0v) is 12.6. The lowest BCUT2D eigenvalue weighted by atomic mass is 10.1. The molecule has 114 valence electrons. The van der Waals surface area contributed by atoms with Crippen LogP contribution in [0.3, 0.4) is 0 Å². The minimum atomic E-state index is -0.621. The van der Waals surface area contributed by atoms with Crippen molar-refractivity contribution < 1.29 is 18.7 Å². The van der Waals surface area contributed by atoms with Crippen molar-refractivity contribution in [3.05, 3.63) is 46.1 Å². The molecule has 22 heavy (non-hydrogen) atoms. The Labute approximate surface area is 130 Å². The third-order valence-electron chi connectivity index (χ3n) is 2.64. The zero-order chi connectivity index (χ0) is 16.1. The molecule has 0 aliphatic carbocycles. The average molecular weight is 321 g/mol. The number of ether oxygens (including phenoxy) is 1. The van der Waals surface area contributed by atoms with Crippen molar-refractivity contribution in [1.82, 2.24) is 5.32 Å². The summed E-state index contributed by atoms with van der Waals surface area (Å²) in [5, 5.41) is 10.4. The molecular formula is C14H12FN3O3S. The molecule has 1 N–H and O–H groups in total. The van der Waals surface area contributed by atoms with Crippen LogP contribution in [0.25, 0.3) is 0 Å². The second-order valence-electron chi connectivity index (χ2n) is 4.25. The number of thioether (sulfide) groups is 1. The first-order valence-corrected chi connectivity index (χ1v) is 6.97. The topological polar surface area (TPSA) is 80.1 Å². The summed E-state index contributed by atoms with van der Waals surface area (Å²) < 4.78 is 17.6. The summed E-state index contributed by atoms with van der Waals surface area (Å²) >= 11 is 0.979. The van der Waals surface area contributed by atoms with Crippen LogP contribution in [-0.2, 0) is 14.3 Å². The molecule has 6 nitrogen and oxygen atoms in total. The van der Waals surface area contributed by atoms with E-state index in [9.17, 15) is 14.0 Å². The Hall–Kier alpha value is -2.48. The second-order valence-corrected chi connectivity index (χ2v) is 5.28. The number of hydrogen-bond donors (Lipinski definition) is 1. The van der Waals surface area contributed by atoms with Gasteiger partial charge in [0, 0.05) is 6.08 Å². The smallest absolute Gasteiger partial charge is 0.331 e. The largest absolute Gasteiger partial charge is 0.466 e. The van der Waals surface area contributed by atoms with Crippen LogP contribution >= 0.6 is 11.8 Å². The quantitative estimate of drug-likeness (QED) is 0.398. The van der Waals surface area contributed by atoms with Crippen LogP contribution in [0, 0.1) is 12.7 Å². The van der Waals surface area contributed by atoms with Crippen molar-refractivity contribution >= 4 is 35.0 Å². The van der Waals surface area contributed by atoms with Crippen molar-refractivity contribution in [3.8, 4) is 0 Å². The van der Waals surface area contributed by atoms with Gasteiger partial charge < -0.3 is 4.74 Å². The number of hydrogen-bond acceptors (Lipinski definition) is 6. The van der Waals surface area contributed by atoms with E-state index in [4.69, 9.17) is 0 Å². The number of methoxy groups -OCH3 is 1. The highest BCUT2D eigenvalue weighted by atomic mass is 32.2. The van der Waals surface area contributed by atoms with Crippen LogP contribution in [0.1, 0.15) is 11.1 Å². The summed E-state index contributed by atoms with van der Waals surface area (Å²) in [6.07, 6.45) is 2.52. The number of halogens is 1. The summed E-state index contributed by atoms with van der Waals surface area (Å²) in [5.41, 5.74) is 1.19. The SMILES string of the molecule is COC(=O)/C=C1/S/C(=N\N=Cc2ccc(F)c(C)c2)NC1=O.